The van der Waals surface area contributed by atoms with Gasteiger partial charge in [-0.2, -0.15) is 4.98 Å². The van der Waals surface area contributed by atoms with Crippen LogP contribution >= 0.6 is 11.8 Å². The van der Waals surface area contributed by atoms with Gasteiger partial charge in [-0.25, -0.2) is 24.9 Å². The molecule has 1 saturated heterocycles. The fourth-order valence-corrected chi connectivity index (χ4v) is 5.70. The molecule has 1 fully saturated rings. The molecule has 13 heteroatoms. The van der Waals surface area contributed by atoms with Crippen molar-refractivity contribution in [3.63, 3.8) is 0 Å². The molecule has 2 heterocycles. The standard InChI is InChI=1S/C17H20N8O3S2/c18-16(24-25-20)13-9(10-2-1-3-11-14(10)28-17(19)23-11)4-5-12(15(13)30(21,26)27)29-8-6-22-7-8/h1-5,8,22,25H,6-7,20H2,(H2,18,24)(H2,19,23)(H2,21,26,27). The smallest absolute Gasteiger partial charge is 0.293 e. The molecule has 0 bridgehead atoms. The zero-order valence-corrected chi connectivity index (χ0v) is 17.3. The van der Waals surface area contributed by atoms with Crippen molar-refractivity contribution >= 4 is 44.7 Å². The van der Waals surface area contributed by atoms with E-state index in [1.54, 1.807) is 30.3 Å². The lowest BCUT2D eigenvalue weighted by molar-refractivity contribution is 0.543. The number of hydrogen-bond donors (Lipinski definition) is 6. The number of sulfonamides is 1. The predicted molar refractivity (Wildman–Crippen MR) is 116 cm³/mol. The summed E-state index contributed by atoms with van der Waals surface area (Å²) in [7, 11) is -4.18. The average molecular weight is 449 g/mol. The number of thioether (sulfide) groups is 1. The summed E-state index contributed by atoms with van der Waals surface area (Å²) >= 11 is 1.41. The van der Waals surface area contributed by atoms with Crippen molar-refractivity contribution in [1.29, 1.82) is 0 Å². The normalized spacial score (nSPS) is 15.3. The van der Waals surface area contributed by atoms with E-state index in [0.29, 0.717) is 27.1 Å². The molecule has 2 aromatic carbocycles. The number of para-hydroxylation sites is 1. The number of benzene rings is 2. The lowest BCUT2D eigenvalue weighted by Gasteiger charge is -2.27. The van der Waals surface area contributed by atoms with Crippen LogP contribution in [0.2, 0.25) is 0 Å². The van der Waals surface area contributed by atoms with E-state index in [1.165, 1.54) is 11.8 Å². The van der Waals surface area contributed by atoms with E-state index >= 15 is 0 Å². The molecule has 0 radical (unpaired) electrons. The largest absolute Gasteiger partial charge is 0.423 e. The third-order valence-electron chi connectivity index (χ3n) is 4.61. The van der Waals surface area contributed by atoms with E-state index in [1.807, 2.05) is 0 Å². The number of fused-ring (bicyclic) bond motifs is 1. The Labute approximate surface area is 176 Å². The highest BCUT2D eigenvalue weighted by Gasteiger charge is 2.29. The SMILES string of the molecule is NN/N=C(\N)c1c(-c2cccc3nc(N)oc23)ccc(SC2CNC2)c1S(N)(=O)=O. The average Bonchev–Trinajstić information content (AvgIpc) is 3.03. The highest BCUT2D eigenvalue weighted by atomic mass is 32.2. The molecule has 1 aromatic heterocycles. The Balaban J connectivity index is 2.04. The van der Waals surface area contributed by atoms with Crippen molar-refractivity contribution in [2.24, 2.45) is 21.8 Å². The molecule has 0 atom stereocenters. The number of rotatable bonds is 6. The fourth-order valence-electron chi connectivity index (χ4n) is 3.25. The lowest BCUT2D eigenvalue weighted by atomic mass is 9.98. The van der Waals surface area contributed by atoms with Crippen LogP contribution in [-0.4, -0.2) is 37.6 Å². The van der Waals surface area contributed by atoms with Crippen LogP contribution in [0.25, 0.3) is 22.2 Å². The molecule has 30 heavy (non-hydrogen) atoms. The zero-order valence-electron chi connectivity index (χ0n) is 15.6. The summed E-state index contributed by atoms with van der Waals surface area (Å²) in [5, 5.41) is 12.8. The lowest BCUT2D eigenvalue weighted by Crippen LogP contribution is -2.44. The van der Waals surface area contributed by atoms with Crippen LogP contribution in [-0.2, 0) is 10.0 Å². The van der Waals surface area contributed by atoms with Gasteiger partial charge in [-0.3, -0.25) is 0 Å². The van der Waals surface area contributed by atoms with Crippen molar-refractivity contribution in [3.8, 4) is 11.1 Å². The minimum atomic E-state index is -4.18. The van der Waals surface area contributed by atoms with E-state index < -0.39 is 10.0 Å². The van der Waals surface area contributed by atoms with E-state index in [-0.39, 0.29) is 27.6 Å². The van der Waals surface area contributed by atoms with Crippen molar-refractivity contribution < 1.29 is 12.8 Å². The van der Waals surface area contributed by atoms with Gasteiger partial charge in [-0.15, -0.1) is 16.9 Å². The summed E-state index contributed by atoms with van der Waals surface area (Å²) < 4.78 is 30.9. The molecule has 0 unspecified atom stereocenters. The maximum atomic E-state index is 12.7. The monoisotopic (exact) mass is 448 g/mol. The van der Waals surface area contributed by atoms with Crippen LogP contribution in [0.3, 0.4) is 0 Å². The second kappa shape index (κ2) is 7.77. The zero-order chi connectivity index (χ0) is 21.5. The Morgan fingerprint density at radius 1 is 1.27 bits per heavy atom. The van der Waals surface area contributed by atoms with Gasteiger partial charge < -0.3 is 21.2 Å². The van der Waals surface area contributed by atoms with E-state index in [9.17, 15) is 8.42 Å². The van der Waals surface area contributed by atoms with Crippen molar-refractivity contribution in [2.75, 3.05) is 18.8 Å². The van der Waals surface area contributed by atoms with Gasteiger partial charge in [0.25, 0.3) is 6.01 Å². The Morgan fingerprint density at radius 2 is 2.03 bits per heavy atom. The Bertz CT molecular complexity index is 1250. The number of oxazole rings is 1. The number of aromatic nitrogens is 1. The first kappa shape index (κ1) is 20.4. The number of amidine groups is 1. The van der Waals surface area contributed by atoms with E-state index in [0.717, 1.165) is 13.1 Å². The summed E-state index contributed by atoms with van der Waals surface area (Å²) in [6.07, 6.45) is 0. The molecule has 4 rings (SSSR count). The summed E-state index contributed by atoms with van der Waals surface area (Å²) in [6, 6.07) is 8.64. The van der Waals surface area contributed by atoms with Gasteiger partial charge in [0.1, 0.15) is 10.4 Å². The number of hydrazine groups is 1. The highest BCUT2D eigenvalue weighted by Crippen LogP contribution is 2.40. The molecule has 1 aliphatic rings. The number of hydrogen-bond acceptors (Lipinski definition) is 10. The van der Waals surface area contributed by atoms with Crippen molar-refractivity contribution in [1.82, 2.24) is 15.8 Å². The van der Waals surface area contributed by atoms with Gasteiger partial charge >= 0.3 is 0 Å². The maximum Gasteiger partial charge on any atom is 0.293 e. The Morgan fingerprint density at radius 3 is 2.67 bits per heavy atom. The number of nitrogens with two attached hydrogens (primary N) is 4. The summed E-state index contributed by atoms with van der Waals surface area (Å²) in [4.78, 5) is 4.47. The molecular formula is C17H20N8O3S2. The summed E-state index contributed by atoms with van der Waals surface area (Å²) in [6.45, 7) is 1.52. The Kier molecular flexibility index (Phi) is 5.29. The molecule has 3 aromatic rings. The Hall–Kier alpha value is -2.84. The molecule has 0 amide bonds. The fraction of sp³-hybridized carbons (Fsp3) is 0.176. The first-order valence-electron chi connectivity index (χ1n) is 8.81. The van der Waals surface area contributed by atoms with Crippen molar-refractivity contribution in [2.45, 2.75) is 15.0 Å². The first-order valence-corrected chi connectivity index (χ1v) is 11.2. The first-order chi connectivity index (χ1) is 14.3. The van der Waals surface area contributed by atoms with Gasteiger partial charge in [0, 0.05) is 34.4 Å². The minimum absolute atomic E-state index is 0.0133. The van der Waals surface area contributed by atoms with E-state index in [4.69, 9.17) is 26.9 Å². The van der Waals surface area contributed by atoms with Gasteiger partial charge in [0.15, 0.2) is 11.4 Å². The molecule has 0 aliphatic carbocycles. The van der Waals surface area contributed by atoms with Crippen molar-refractivity contribution in [3.05, 3.63) is 35.9 Å². The maximum absolute atomic E-state index is 12.7. The van der Waals surface area contributed by atoms with Crippen LogP contribution in [0.4, 0.5) is 6.01 Å². The summed E-state index contributed by atoms with van der Waals surface area (Å²) in [5.74, 6) is 5.16. The number of anilines is 1. The predicted octanol–water partition coefficient (Wildman–Crippen LogP) is -0.128. The van der Waals surface area contributed by atoms with Gasteiger partial charge in [0.2, 0.25) is 10.0 Å². The van der Waals surface area contributed by atoms with E-state index in [2.05, 4.69) is 20.9 Å². The van der Waals surface area contributed by atoms with Gasteiger partial charge in [-0.05, 0) is 17.7 Å². The van der Waals surface area contributed by atoms with Crippen LogP contribution in [0, 0.1) is 0 Å². The number of nitrogens with zero attached hydrogens (tertiary/aromatic N) is 2. The van der Waals surface area contributed by atoms with Crippen LogP contribution in [0.1, 0.15) is 5.56 Å². The molecule has 0 spiro atoms. The summed E-state index contributed by atoms with van der Waals surface area (Å²) in [5.41, 5.74) is 15.9. The van der Waals surface area contributed by atoms with Gasteiger partial charge in [-0.1, -0.05) is 18.2 Å². The number of primary sulfonamides is 1. The molecule has 11 nitrogen and oxygen atoms in total. The second-order valence-electron chi connectivity index (χ2n) is 6.59. The number of nitrogen functional groups attached to an aromatic ring is 1. The van der Waals surface area contributed by atoms with Crippen LogP contribution < -0.4 is 33.3 Å². The van der Waals surface area contributed by atoms with Crippen LogP contribution in [0.5, 0.6) is 0 Å². The third-order valence-corrected chi connectivity index (χ3v) is 6.99. The minimum Gasteiger partial charge on any atom is -0.423 e. The molecule has 10 N–H and O–H groups in total. The third kappa shape index (κ3) is 3.68. The van der Waals surface area contributed by atoms with Gasteiger partial charge in [0.05, 0.1) is 0 Å². The molecule has 1 aliphatic heterocycles. The number of hydrazone groups is 1. The molecular weight excluding hydrogens is 428 g/mol. The highest BCUT2D eigenvalue weighted by molar-refractivity contribution is 8.00. The molecule has 158 valence electrons. The van der Waals surface area contributed by atoms with Crippen LogP contribution in [0.15, 0.2) is 49.6 Å². The molecule has 0 saturated carbocycles. The topological polar surface area (TPSA) is 201 Å². The second-order valence-corrected chi connectivity index (χ2v) is 9.43. The quantitative estimate of drug-likeness (QED) is 0.128. The number of nitrogens with one attached hydrogen (secondary N) is 2.